The van der Waals surface area contributed by atoms with Crippen LogP contribution in [0.15, 0.2) is 30.6 Å². The minimum Gasteiger partial charge on any atom is -0.374 e. The molecule has 1 saturated heterocycles. The van der Waals surface area contributed by atoms with Gasteiger partial charge in [-0.25, -0.2) is 4.98 Å². The van der Waals surface area contributed by atoms with Gasteiger partial charge >= 0.3 is 0 Å². The second-order valence-corrected chi connectivity index (χ2v) is 5.22. The number of nitrogens with zero attached hydrogens (tertiary/aromatic N) is 3. The van der Waals surface area contributed by atoms with E-state index >= 15 is 0 Å². The lowest BCUT2D eigenvalue weighted by Gasteiger charge is -2.32. The van der Waals surface area contributed by atoms with E-state index in [0.717, 1.165) is 50.7 Å². The molecule has 0 saturated carbocycles. The standard InChI is InChI=1S/C15H22N4O/c1-2-18-7-8-20-14(12-18)10-16-9-13-11-19-6-4-3-5-15(19)17-13/h3-6,11,14,16H,2,7-10,12H2,1H3. The predicted octanol–water partition coefficient (Wildman–Crippen LogP) is 1.14. The summed E-state index contributed by atoms with van der Waals surface area (Å²) in [7, 11) is 0. The fraction of sp³-hybridized carbons (Fsp3) is 0.533. The van der Waals surface area contributed by atoms with E-state index in [2.05, 4.69) is 28.3 Å². The molecule has 108 valence electrons. The molecule has 3 heterocycles. The van der Waals surface area contributed by atoms with E-state index in [0.29, 0.717) is 6.10 Å². The van der Waals surface area contributed by atoms with Gasteiger partial charge in [0.1, 0.15) is 5.65 Å². The molecule has 5 nitrogen and oxygen atoms in total. The van der Waals surface area contributed by atoms with Crippen molar-refractivity contribution < 1.29 is 4.74 Å². The first-order valence-electron chi connectivity index (χ1n) is 7.32. The zero-order valence-electron chi connectivity index (χ0n) is 12.0. The molecule has 1 atom stereocenters. The summed E-state index contributed by atoms with van der Waals surface area (Å²) in [5.41, 5.74) is 2.06. The lowest BCUT2D eigenvalue weighted by atomic mass is 10.2. The lowest BCUT2D eigenvalue weighted by molar-refractivity contribution is -0.0254. The van der Waals surface area contributed by atoms with Crippen LogP contribution < -0.4 is 5.32 Å². The summed E-state index contributed by atoms with van der Waals surface area (Å²) < 4.78 is 7.83. The summed E-state index contributed by atoms with van der Waals surface area (Å²) in [4.78, 5) is 7.01. The van der Waals surface area contributed by atoms with Crippen LogP contribution in [-0.4, -0.2) is 53.2 Å². The Balaban J connectivity index is 1.49. The van der Waals surface area contributed by atoms with E-state index in [1.54, 1.807) is 0 Å². The third-order valence-corrected chi connectivity index (χ3v) is 3.76. The van der Waals surface area contributed by atoms with Crippen LogP contribution in [-0.2, 0) is 11.3 Å². The molecule has 0 aliphatic carbocycles. The molecule has 1 aliphatic rings. The SMILES string of the molecule is CCN1CCOC(CNCc2cn3ccccc3n2)C1. The van der Waals surface area contributed by atoms with E-state index in [1.165, 1.54) is 0 Å². The van der Waals surface area contributed by atoms with Crippen LogP contribution in [0.4, 0.5) is 0 Å². The fourth-order valence-electron chi connectivity index (χ4n) is 2.62. The molecular weight excluding hydrogens is 252 g/mol. The van der Waals surface area contributed by atoms with Gasteiger partial charge in [-0.05, 0) is 18.7 Å². The van der Waals surface area contributed by atoms with E-state index in [1.807, 2.05) is 28.8 Å². The van der Waals surface area contributed by atoms with Crippen molar-refractivity contribution in [3.05, 3.63) is 36.3 Å². The Bertz CT molecular complexity index is 521. The highest BCUT2D eigenvalue weighted by molar-refractivity contribution is 5.39. The number of likely N-dealkylation sites (N-methyl/N-ethyl adjacent to an activating group) is 1. The van der Waals surface area contributed by atoms with Crippen LogP contribution in [0.25, 0.3) is 5.65 Å². The zero-order valence-corrected chi connectivity index (χ0v) is 12.0. The number of ether oxygens (including phenoxy) is 1. The van der Waals surface area contributed by atoms with Crippen molar-refractivity contribution in [2.75, 3.05) is 32.8 Å². The molecule has 2 aromatic rings. The third-order valence-electron chi connectivity index (χ3n) is 3.76. The minimum atomic E-state index is 0.292. The Morgan fingerprint density at radius 3 is 3.25 bits per heavy atom. The smallest absolute Gasteiger partial charge is 0.137 e. The summed E-state index contributed by atoms with van der Waals surface area (Å²) >= 11 is 0. The molecule has 5 heteroatoms. The second kappa shape index (κ2) is 6.35. The maximum Gasteiger partial charge on any atom is 0.137 e. The summed E-state index contributed by atoms with van der Waals surface area (Å²) in [6.07, 6.45) is 4.39. The lowest BCUT2D eigenvalue weighted by Crippen LogP contribution is -2.46. The van der Waals surface area contributed by atoms with Crippen molar-refractivity contribution in [2.45, 2.75) is 19.6 Å². The summed E-state index contributed by atoms with van der Waals surface area (Å²) in [6.45, 7) is 7.89. The van der Waals surface area contributed by atoms with Crippen molar-refractivity contribution in [1.82, 2.24) is 19.6 Å². The Kier molecular flexibility index (Phi) is 4.30. The van der Waals surface area contributed by atoms with Crippen LogP contribution in [0.2, 0.25) is 0 Å². The molecular formula is C15H22N4O. The Hall–Kier alpha value is -1.43. The van der Waals surface area contributed by atoms with Gasteiger partial charge in [-0.2, -0.15) is 0 Å². The minimum absolute atomic E-state index is 0.292. The molecule has 1 unspecified atom stereocenters. The van der Waals surface area contributed by atoms with Crippen molar-refractivity contribution in [3.8, 4) is 0 Å². The van der Waals surface area contributed by atoms with E-state index < -0.39 is 0 Å². The van der Waals surface area contributed by atoms with E-state index in [-0.39, 0.29) is 0 Å². The molecule has 2 aromatic heterocycles. The van der Waals surface area contributed by atoms with Crippen molar-refractivity contribution >= 4 is 5.65 Å². The van der Waals surface area contributed by atoms with Crippen molar-refractivity contribution in [3.63, 3.8) is 0 Å². The van der Waals surface area contributed by atoms with Crippen LogP contribution in [0.5, 0.6) is 0 Å². The first kappa shape index (κ1) is 13.5. The Labute approximate surface area is 119 Å². The number of fused-ring (bicyclic) bond motifs is 1. The number of morpholine rings is 1. The molecule has 3 rings (SSSR count). The molecule has 0 radical (unpaired) electrons. The van der Waals surface area contributed by atoms with E-state index in [9.17, 15) is 0 Å². The Morgan fingerprint density at radius 2 is 2.40 bits per heavy atom. The van der Waals surface area contributed by atoms with Gasteiger partial charge in [0.25, 0.3) is 0 Å². The average molecular weight is 274 g/mol. The number of rotatable bonds is 5. The largest absolute Gasteiger partial charge is 0.374 e. The van der Waals surface area contributed by atoms with Gasteiger partial charge < -0.3 is 14.5 Å². The summed E-state index contributed by atoms with van der Waals surface area (Å²) in [6, 6.07) is 6.04. The van der Waals surface area contributed by atoms with Crippen molar-refractivity contribution in [1.29, 1.82) is 0 Å². The molecule has 1 N–H and O–H groups in total. The fourth-order valence-corrected chi connectivity index (χ4v) is 2.62. The van der Waals surface area contributed by atoms with Crippen LogP contribution in [0.1, 0.15) is 12.6 Å². The molecule has 0 bridgehead atoms. The molecule has 0 spiro atoms. The quantitative estimate of drug-likeness (QED) is 0.888. The second-order valence-electron chi connectivity index (χ2n) is 5.22. The van der Waals surface area contributed by atoms with Gasteiger partial charge in [0.15, 0.2) is 0 Å². The van der Waals surface area contributed by atoms with Gasteiger partial charge in [-0.15, -0.1) is 0 Å². The third kappa shape index (κ3) is 3.17. The van der Waals surface area contributed by atoms with Gasteiger partial charge in [-0.1, -0.05) is 13.0 Å². The molecule has 20 heavy (non-hydrogen) atoms. The highest BCUT2D eigenvalue weighted by atomic mass is 16.5. The molecule has 1 fully saturated rings. The molecule has 0 amide bonds. The maximum absolute atomic E-state index is 5.78. The van der Waals surface area contributed by atoms with Crippen LogP contribution in [0, 0.1) is 0 Å². The van der Waals surface area contributed by atoms with Crippen LogP contribution >= 0.6 is 0 Å². The number of hydrogen-bond acceptors (Lipinski definition) is 4. The first-order chi connectivity index (χ1) is 9.85. The maximum atomic E-state index is 5.78. The number of imidazole rings is 1. The predicted molar refractivity (Wildman–Crippen MR) is 78.8 cm³/mol. The number of pyridine rings is 1. The average Bonchev–Trinajstić information content (AvgIpc) is 2.90. The highest BCUT2D eigenvalue weighted by Crippen LogP contribution is 2.06. The number of hydrogen-bond donors (Lipinski definition) is 1. The normalized spacial score (nSPS) is 20.6. The summed E-state index contributed by atoms with van der Waals surface area (Å²) in [5.74, 6) is 0. The highest BCUT2D eigenvalue weighted by Gasteiger charge is 2.18. The first-order valence-corrected chi connectivity index (χ1v) is 7.32. The van der Waals surface area contributed by atoms with Crippen LogP contribution in [0.3, 0.4) is 0 Å². The van der Waals surface area contributed by atoms with Gasteiger partial charge in [0, 0.05) is 38.6 Å². The monoisotopic (exact) mass is 274 g/mol. The van der Waals surface area contributed by atoms with Gasteiger partial charge in [-0.3, -0.25) is 4.90 Å². The molecule has 1 aliphatic heterocycles. The zero-order chi connectivity index (χ0) is 13.8. The van der Waals surface area contributed by atoms with E-state index in [4.69, 9.17) is 4.74 Å². The Morgan fingerprint density at radius 1 is 1.45 bits per heavy atom. The summed E-state index contributed by atoms with van der Waals surface area (Å²) in [5, 5.41) is 3.45. The topological polar surface area (TPSA) is 41.8 Å². The van der Waals surface area contributed by atoms with Gasteiger partial charge in [0.05, 0.1) is 18.4 Å². The number of aromatic nitrogens is 2. The van der Waals surface area contributed by atoms with Crippen molar-refractivity contribution in [2.24, 2.45) is 0 Å². The number of nitrogens with one attached hydrogen (secondary N) is 1. The molecule has 0 aromatic carbocycles. The van der Waals surface area contributed by atoms with Gasteiger partial charge in [0.2, 0.25) is 0 Å².